The van der Waals surface area contributed by atoms with E-state index >= 15 is 0 Å². The van der Waals surface area contributed by atoms with Crippen molar-refractivity contribution in [3.8, 4) is 0 Å². The van der Waals surface area contributed by atoms with Crippen LogP contribution in [0.2, 0.25) is 0 Å². The number of anilines is 1. The van der Waals surface area contributed by atoms with E-state index in [2.05, 4.69) is 20.6 Å². The Labute approximate surface area is 66.3 Å². The quantitative estimate of drug-likeness (QED) is 0.312. The summed E-state index contributed by atoms with van der Waals surface area (Å²) in [5.41, 5.74) is 5.12. The van der Waals surface area contributed by atoms with E-state index < -0.39 is 17.9 Å². The topological polar surface area (TPSA) is 116 Å². The van der Waals surface area contributed by atoms with Crippen molar-refractivity contribution >= 4 is 11.7 Å². The van der Waals surface area contributed by atoms with Gasteiger partial charge in [0.1, 0.15) is 11.5 Å². The molecule has 0 aliphatic carbocycles. The van der Waals surface area contributed by atoms with Gasteiger partial charge in [-0.15, -0.1) is 0 Å². The van der Waals surface area contributed by atoms with Gasteiger partial charge in [0.25, 0.3) is 5.91 Å². The maximum atomic E-state index is 11.1. The smallest absolute Gasteiger partial charge is 0.325 e. The number of carbonyl (C=O) groups is 1. The third-order valence-corrected chi connectivity index (χ3v) is 1.54. The monoisotopic (exact) mass is 169 g/mol. The van der Waals surface area contributed by atoms with Gasteiger partial charge >= 0.3 is 5.69 Å². The number of fused-ring (bicyclic) bond motifs is 1. The maximum absolute atomic E-state index is 11.1. The molecule has 7 heteroatoms. The Morgan fingerprint density at radius 3 is 2.67 bits per heavy atom. The molecule has 12 heavy (non-hydrogen) atoms. The lowest BCUT2D eigenvalue weighted by molar-refractivity contribution is 0.0932. The standard InChI is InChI=1S/C5H7N5O2/c6-4-8-2-1(3(11)10-4)7-5(12)9-2/h4,8H,6H2,(H,10,11)(H2,7,9,12). The summed E-state index contributed by atoms with van der Waals surface area (Å²) in [5, 5.41) is 5.06. The predicted octanol–water partition coefficient (Wildman–Crippen LogP) is -1.90. The lowest BCUT2D eigenvalue weighted by atomic mass is 10.3. The predicted molar refractivity (Wildman–Crippen MR) is 40.5 cm³/mol. The van der Waals surface area contributed by atoms with Crippen LogP contribution in [-0.2, 0) is 0 Å². The first kappa shape index (κ1) is 6.92. The van der Waals surface area contributed by atoms with Crippen LogP contribution in [-0.4, -0.2) is 22.2 Å². The van der Waals surface area contributed by atoms with Gasteiger partial charge in [0.05, 0.1) is 0 Å². The molecular weight excluding hydrogens is 162 g/mol. The van der Waals surface area contributed by atoms with Gasteiger partial charge in [0, 0.05) is 0 Å². The van der Waals surface area contributed by atoms with Gasteiger partial charge in [0.2, 0.25) is 0 Å². The maximum Gasteiger partial charge on any atom is 0.325 e. The molecule has 0 radical (unpaired) electrons. The zero-order valence-corrected chi connectivity index (χ0v) is 5.97. The van der Waals surface area contributed by atoms with Crippen LogP contribution in [0.4, 0.5) is 5.82 Å². The summed E-state index contributed by atoms with van der Waals surface area (Å²) in [6.45, 7) is 0. The minimum absolute atomic E-state index is 0.182. The first-order valence-corrected chi connectivity index (χ1v) is 3.32. The van der Waals surface area contributed by atoms with Crippen molar-refractivity contribution in [1.82, 2.24) is 15.3 Å². The summed E-state index contributed by atoms with van der Waals surface area (Å²) in [6.07, 6.45) is -0.656. The zero-order valence-electron chi connectivity index (χ0n) is 5.97. The highest BCUT2D eigenvalue weighted by molar-refractivity contribution is 5.98. The molecule has 1 aliphatic heterocycles. The fourth-order valence-electron chi connectivity index (χ4n) is 1.07. The fourth-order valence-corrected chi connectivity index (χ4v) is 1.07. The second-order valence-corrected chi connectivity index (χ2v) is 2.42. The molecule has 0 bridgehead atoms. The summed E-state index contributed by atoms with van der Waals surface area (Å²) in [6, 6.07) is 0. The number of hydrogen-bond donors (Lipinski definition) is 5. The average molecular weight is 169 g/mol. The van der Waals surface area contributed by atoms with Gasteiger partial charge in [-0.05, 0) is 0 Å². The number of amides is 1. The van der Waals surface area contributed by atoms with Crippen molar-refractivity contribution in [3.05, 3.63) is 16.2 Å². The molecular formula is C5H7N5O2. The molecule has 1 aromatic heterocycles. The van der Waals surface area contributed by atoms with Gasteiger partial charge < -0.3 is 10.6 Å². The Bertz CT molecular complexity index is 377. The van der Waals surface area contributed by atoms with E-state index in [9.17, 15) is 9.59 Å². The second kappa shape index (κ2) is 2.11. The Kier molecular flexibility index (Phi) is 1.22. The Balaban J connectivity index is 2.53. The molecule has 1 aromatic rings. The molecule has 6 N–H and O–H groups in total. The molecule has 2 rings (SSSR count). The van der Waals surface area contributed by atoms with Gasteiger partial charge in [-0.3, -0.25) is 20.5 Å². The molecule has 1 amide bonds. The zero-order chi connectivity index (χ0) is 8.72. The number of carbonyl (C=O) groups excluding carboxylic acids is 1. The molecule has 1 unspecified atom stereocenters. The number of aromatic amines is 2. The molecule has 0 aromatic carbocycles. The SMILES string of the molecule is NC1NC(=O)c2[nH]c(=O)[nH]c2N1. The highest BCUT2D eigenvalue weighted by atomic mass is 16.2. The van der Waals surface area contributed by atoms with Crippen molar-refractivity contribution in [2.24, 2.45) is 5.73 Å². The number of rotatable bonds is 0. The highest BCUT2D eigenvalue weighted by Crippen LogP contribution is 2.10. The first-order chi connectivity index (χ1) is 5.66. The van der Waals surface area contributed by atoms with Gasteiger partial charge in [-0.2, -0.15) is 0 Å². The second-order valence-electron chi connectivity index (χ2n) is 2.42. The van der Waals surface area contributed by atoms with E-state index in [-0.39, 0.29) is 5.69 Å². The van der Waals surface area contributed by atoms with Crippen LogP contribution in [0.3, 0.4) is 0 Å². The highest BCUT2D eigenvalue weighted by Gasteiger charge is 2.23. The number of aromatic nitrogens is 2. The normalized spacial score (nSPS) is 21.1. The molecule has 64 valence electrons. The Morgan fingerprint density at radius 2 is 1.92 bits per heavy atom. The van der Waals surface area contributed by atoms with E-state index in [1.165, 1.54) is 0 Å². The van der Waals surface area contributed by atoms with Crippen LogP contribution >= 0.6 is 0 Å². The summed E-state index contributed by atoms with van der Waals surface area (Å²) >= 11 is 0. The van der Waals surface area contributed by atoms with Crippen molar-refractivity contribution in [2.45, 2.75) is 6.29 Å². The molecule has 0 saturated heterocycles. The Hall–Kier alpha value is -1.76. The average Bonchev–Trinajstić information content (AvgIpc) is 2.29. The molecule has 0 spiro atoms. The minimum Gasteiger partial charge on any atom is -0.337 e. The van der Waals surface area contributed by atoms with Crippen LogP contribution < -0.4 is 22.1 Å². The van der Waals surface area contributed by atoms with Gasteiger partial charge in [-0.25, -0.2) is 4.79 Å². The Morgan fingerprint density at radius 1 is 1.17 bits per heavy atom. The van der Waals surface area contributed by atoms with E-state index in [0.717, 1.165) is 0 Å². The molecule has 1 aliphatic rings. The fraction of sp³-hybridized carbons (Fsp3) is 0.200. The van der Waals surface area contributed by atoms with E-state index in [4.69, 9.17) is 5.73 Å². The summed E-state index contributed by atoms with van der Waals surface area (Å²) < 4.78 is 0. The minimum atomic E-state index is -0.656. The van der Waals surface area contributed by atoms with Crippen LogP contribution in [0.5, 0.6) is 0 Å². The van der Waals surface area contributed by atoms with Crippen molar-refractivity contribution in [2.75, 3.05) is 5.32 Å². The third kappa shape index (κ3) is 0.873. The van der Waals surface area contributed by atoms with Crippen LogP contribution in [0, 0.1) is 0 Å². The number of H-pyrrole nitrogens is 2. The molecule has 7 nitrogen and oxygen atoms in total. The number of imidazole rings is 1. The number of nitrogens with one attached hydrogen (secondary N) is 4. The first-order valence-electron chi connectivity index (χ1n) is 3.32. The van der Waals surface area contributed by atoms with Crippen LogP contribution in [0.1, 0.15) is 10.5 Å². The molecule has 0 saturated carbocycles. The number of hydrogen-bond acceptors (Lipinski definition) is 4. The molecule has 0 fully saturated rings. The van der Waals surface area contributed by atoms with Crippen molar-refractivity contribution < 1.29 is 4.79 Å². The van der Waals surface area contributed by atoms with E-state index in [1.807, 2.05) is 0 Å². The van der Waals surface area contributed by atoms with Gasteiger partial charge in [-0.1, -0.05) is 0 Å². The van der Waals surface area contributed by atoms with Gasteiger partial charge in [0.15, 0.2) is 6.29 Å². The lowest BCUT2D eigenvalue weighted by Crippen LogP contribution is -2.50. The van der Waals surface area contributed by atoms with E-state index in [1.54, 1.807) is 0 Å². The van der Waals surface area contributed by atoms with Crippen LogP contribution in [0.25, 0.3) is 0 Å². The largest absolute Gasteiger partial charge is 0.337 e. The lowest BCUT2D eigenvalue weighted by Gasteiger charge is -2.20. The third-order valence-electron chi connectivity index (χ3n) is 1.54. The van der Waals surface area contributed by atoms with E-state index in [0.29, 0.717) is 5.82 Å². The van der Waals surface area contributed by atoms with Crippen LogP contribution in [0.15, 0.2) is 4.79 Å². The van der Waals surface area contributed by atoms with Crippen molar-refractivity contribution in [3.63, 3.8) is 0 Å². The molecule has 1 atom stereocenters. The van der Waals surface area contributed by atoms with Crippen molar-refractivity contribution in [1.29, 1.82) is 0 Å². The number of nitrogens with two attached hydrogens (primary N) is 1. The molecule has 2 heterocycles. The summed E-state index contributed by atoms with van der Waals surface area (Å²) in [4.78, 5) is 26.5. The summed E-state index contributed by atoms with van der Waals surface area (Å²) in [5.74, 6) is -0.0640. The summed E-state index contributed by atoms with van der Waals surface area (Å²) in [7, 11) is 0.